The fourth-order valence-corrected chi connectivity index (χ4v) is 4.15. The molecule has 0 bridgehead atoms. The van der Waals surface area contributed by atoms with Gasteiger partial charge in [0.05, 0.1) is 6.04 Å². The average molecular weight is 351 g/mol. The molecular weight excluding hydrogens is 318 g/mol. The van der Waals surface area contributed by atoms with E-state index in [9.17, 15) is 9.59 Å². The third-order valence-corrected chi connectivity index (χ3v) is 5.88. The van der Waals surface area contributed by atoms with Crippen LogP contribution in [0.1, 0.15) is 39.5 Å². The Morgan fingerprint density at radius 1 is 1.08 bits per heavy atom. The second-order valence-corrected chi connectivity index (χ2v) is 8.06. The van der Waals surface area contributed by atoms with Gasteiger partial charge in [-0.25, -0.2) is 0 Å². The Kier molecular flexibility index (Phi) is 6.34. The first-order valence-electron chi connectivity index (χ1n) is 9.95. The van der Waals surface area contributed by atoms with Crippen LogP contribution in [0.4, 0.5) is 0 Å². The van der Waals surface area contributed by atoms with E-state index in [1.165, 1.54) is 0 Å². The van der Waals surface area contributed by atoms with E-state index in [2.05, 4.69) is 18.7 Å². The maximum absolute atomic E-state index is 12.7. The zero-order valence-corrected chi connectivity index (χ0v) is 15.8. The van der Waals surface area contributed by atoms with Crippen LogP contribution < -0.4 is 0 Å². The standard InChI is InChI=1S/C19H33N3O3/c1-15(2)3-7-21-8-4-17(19(21)24)20-9-11-22(12-10-20)18(23)16-5-13-25-14-6-16/h15-17H,3-14H2,1-2H3. The van der Waals surface area contributed by atoms with Crippen molar-refractivity contribution in [3.63, 3.8) is 0 Å². The number of carbonyl (C=O) groups is 2. The lowest BCUT2D eigenvalue weighted by atomic mass is 9.98. The third-order valence-electron chi connectivity index (χ3n) is 5.88. The van der Waals surface area contributed by atoms with Crippen molar-refractivity contribution in [3.8, 4) is 0 Å². The number of amides is 2. The topological polar surface area (TPSA) is 53.1 Å². The molecule has 0 spiro atoms. The molecule has 2 amide bonds. The zero-order chi connectivity index (χ0) is 17.8. The summed E-state index contributed by atoms with van der Waals surface area (Å²) < 4.78 is 5.36. The van der Waals surface area contributed by atoms with E-state index < -0.39 is 0 Å². The first-order valence-corrected chi connectivity index (χ1v) is 9.95. The SMILES string of the molecule is CC(C)CCN1CCC(N2CCN(C(=O)C3CCOCC3)CC2)C1=O. The first-order chi connectivity index (χ1) is 12.1. The highest BCUT2D eigenvalue weighted by molar-refractivity contribution is 5.84. The number of piperazine rings is 1. The van der Waals surface area contributed by atoms with Gasteiger partial charge < -0.3 is 14.5 Å². The Hall–Kier alpha value is -1.14. The molecule has 0 aromatic heterocycles. The highest BCUT2D eigenvalue weighted by Crippen LogP contribution is 2.22. The van der Waals surface area contributed by atoms with Gasteiger partial charge in [-0.3, -0.25) is 14.5 Å². The number of hydrogen-bond acceptors (Lipinski definition) is 4. The van der Waals surface area contributed by atoms with Gasteiger partial charge in [0, 0.05) is 58.4 Å². The summed E-state index contributed by atoms with van der Waals surface area (Å²) in [6.07, 6.45) is 3.71. The maximum atomic E-state index is 12.7. The van der Waals surface area contributed by atoms with E-state index in [-0.39, 0.29) is 12.0 Å². The molecular formula is C19H33N3O3. The van der Waals surface area contributed by atoms with Gasteiger partial charge in [-0.15, -0.1) is 0 Å². The van der Waals surface area contributed by atoms with Gasteiger partial charge in [-0.05, 0) is 31.6 Å². The lowest BCUT2D eigenvalue weighted by Crippen LogP contribution is -2.55. The monoisotopic (exact) mass is 351 g/mol. The molecule has 0 N–H and O–H groups in total. The van der Waals surface area contributed by atoms with E-state index in [1.807, 2.05) is 9.80 Å². The molecule has 3 aliphatic heterocycles. The van der Waals surface area contributed by atoms with Crippen molar-refractivity contribution in [2.24, 2.45) is 11.8 Å². The molecule has 0 aromatic carbocycles. The molecule has 1 unspecified atom stereocenters. The van der Waals surface area contributed by atoms with Gasteiger partial charge in [0.15, 0.2) is 0 Å². The van der Waals surface area contributed by atoms with Crippen LogP contribution in [-0.2, 0) is 14.3 Å². The number of ether oxygens (including phenoxy) is 1. The van der Waals surface area contributed by atoms with Crippen LogP contribution in [0.5, 0.6) is 0 Å². The largest absolute Gasteiger partial charge is 0.381 e. The third kappa shape index (κ3) is 4.53. The van der Waals surface area contributed by atoms with E-state index in [1.54, 1.807) is 0 Å². The van der Waals surface area contributed by atoms with Crippen molar-refractivity contribution < 1.29 is 14.3 Å². The lowest BCUT2D eigenvalue weighted by molar-refractivity contribution is -0.141. The smallest absolute Gasteiger partial charge is 0.239 e. The Bertz CT molecular complexity index is 469. The average Bonchev–Trinajstić information content (AvgIpc) is 3.01. The molecule has 0 aromatic rings. The Balaban J connectivity index is 1.46. The van der Waals surface area contributed by atoms with Crippen LogP contribution in [0.3, 0.4) is 0 Å². The van der Waals surface area contributed by atoms with E-state index in [0.29, 0.717) is 30.9 Å². The van der Waals surface area contributed by atoms with Gasteiger partial charge >= 0.3 is 0 Å². The predicted molar refractivity (Wildman–Crippen MR) is 96.1 cm³/mol. The molecule has 0 aliphatic carbocycles. The van der Waals surface area contributed by atoms with Gasteiger partial charge in [0.2, 0.25) is 11.8 Å². The summed E-state index contributed by atoms with van der Waals surface area (Å²) in [7, 11) is 0. The highest BCUT2D eigenvalue weighted by Gasteiger charge is 2.38. The van der Waals surface area contributed by atoms with Crippen LogP contribution in [0, 0.1) is 11.8 Å². The molecule has 0 radical (unpaired) electrons. The van der Waals surface area contributed by atoms with Gasteiger partial charge in [-0.2, -0.15) is 0 Å². The summed E-state index contributed by atoms with van der Waals surface area (Å²) in [4.78, 5) is 31.6. The molecule has 1 atom stereocenters. The molecule has 3 heterocycles. The molecule has 142 valence electrons. The minimum atomic E-state index is 0.0347. The van der Waals surface area contributed by atoms with E-state index in [0.717, 1.165) is 65.0 Å². The number of nitrogens with zero attached hydrogens (tertiary/aromatic N) is 3. The summed E-state index contributed by atoms with van der Waals surface area (Å²) in [5.74, 6) is 1.36. The molecule has 3 rings (SSSR count). The minimum absolute atomic E-state index is 0.0347. The Morgan fingerprint density at radius 2 is 1.76 bits per heavy atom. The molecule has 25 heavy (non-hydrogen) atoms. The van der Waals surface area contributed by atoms with Crippen LogP contribution in [0.15, 0.2) is 0 Å². The lowest BCUT2D eigenvalue weighted by Gasteiger charge is -2.39. The van der Waals surface area contributed by atoms with Gasteiger partial charge in [-0.1, -0.05) is 13.8 Å². The highest BCUT2D eigenvalue weighted by atomic mass is 16.5. The van der Waals surface area contributed by atoms with Crippen molar-refractivity contribution in [2.75, 3.05) is 52.5 Å². The Morgan fingerprint density at radius 3 is 2.40 bits per heavy atom. The number of hydrogen-bond donors (Lipinski definition) is 0. The van der Waals surface area contributed by atoms with Crippen LogP contribution >= 0.6 is 0 Å². The fourth-order valence-electron chi connectivity index (χ4n) is 4.15. The molecule has 3 aliphatic rings. The van der Waals surface area contributed by atoms with Crippen LogP contribution in [0.25, 0.3) is 0 Å². The summed E-state index contributed by atoms with van der Waals surface area (Å²) in [5, 5.41) is 0. The molecule has 6 heteroatoms. The summed E-state index contributed by atoms with van der Waals surface area (Å²) in [5.41, 5.74) is 0. The molecule has 3 fully saturated rings. The predicted octanol–water partition coefficient (Wildman–Crippen LogP) is 1.20. The molecule has 6 nitrogen and oxygen atoms in total. The summed E-state index contributed by atoms with van der Waals surface area (Å²) in [6, 6.07) is 0.0347. The molecule has 0 saturated carbocycles. The zero-order valence-electron chi connectivity index (χ0n) is 15.8. The van der Waals surface area contributed by atoms with E-state index >= 15 is 0 Å². The Labute approximate surface area is 151 Å². The normalized spacial score (nSPS) is 26.7. The van der Waals surface area contributed by atoms with Crippen molar-refractivity contribution in [1.82, 2.24) is 14.7 Å². The first kappa shape index (κ1) is 18.6. The fraction of sp³-hybridized carbons (Fsp3) is 0.895. The van der Waals surface area contributed by atoms with Crippen molar-refractivity contribution in [2.45, 2.75) is 45.6 Å². The quantitative estimate of drug-likeness (QED) is 0.747. The van der Waals surface area contributed by atoms with Gasteiger partial charge in [0.25, 0.3) is 0 Å². The maximum Gasteiger partial charge on any atom is 0.239 e. The van der Waals surface area contributed by atoms with Crippen LogP contribution in [-0.4, -0.2) is 85.0 Å². The van der Waals surface area contributed by atoms with Gasteiger partial charge in [0.1, 0.15) is 0 Å². The van der Waals surface area contributed by atoms with Crippen LogP contribution in [0.2, 0.25) is 0 Å². The number of carbonyl (C=O) groups excluding carboxylic acids is 2. The summed E-state index contributed by atoms with van der Waals surface area (Å²) in [6.45, 7) is 10.7. The van der Waals surface area contributed by atoms with Crippen molar-refractivity contribution >= 4 is 11.8 Å². The minimum Gasteiger partial charge on any atom is -0.381 e. The van der Waals surface area contributed by atoms with Crippen molar-refractivity contribution in [3.05, 3.63) is 0 Å². The number of likely N-dealkylation sites (tertiary alicyclic amines) is 1. The molecule has 3 saturated heterocycles. The second kappa shape index (κ2) is 8.49. The number of rotatable bonds is 5. The van der Waals surface area contributed by atoms with E-state index in [4.69, 9.17) is 4.74 Å². The van der Waals surface area contributed by atoms with Crippen molar-refractivity contribution in [1.29, 1.82) is 0 Å². The second-order valence-electron chi connectivity index (χ2n) is 8.06. The summed E-state index contributed by atoms with van der Waals surface area (Å²) >= 11 is 0.